The molecule has 2 nitrogen and oxygen atoms in total. The number of aliphatic hydroxyl groups is 1. The highest BCUT2D eigenvalue weighted by Crippen LogP contribution is 2.08. The number of benzene rings is 1. The fourth-order valence-corrected chi connectivity index (χ4v) is 0.792. The minimum atomic E-state index is -0.467. The maximum Gasteiger partial charge on any atom is 0.119 e. The first-order valence-electron chi connectivity index (χ1n) is 3.98. The van der Waals surface area contributed by atoms with Crippen LogP contribution in [0, 0.1) is 6.92 Å². The third kappa shape index (κ3) is 2.93. The van der Waals surface area contributed by atoms with Gasteiger partial charge in [0.1, 0.15) is 12.4 Å². The number of ether oxygens (including phenoxy) is 1. The second-order valence-electron chi connectivity index (χ2n) is 2.57. The van der Waals surface area contributed by atoms with Gasteiger partial charge in [0, 0.05) is 0 Å². The molecule has 1 aromatic carbocycles. The lowest BCUT2D eigenvalue weighted by Gasteiger charge is -2.09. The number of hydrogen-bond acceptors (Lipinski definition) is 2. The van der Waals surface area contributed by atoms with Gasteiger partial charge < -0.3 is 9.84 Å². The molecule has 12 heavy (non-hydrogen) atoms. The van der Waals surface area contributed by atoms with E-state index in [0.717, 1.165) is 5.75 Å². The predicted molar refractivity (Wildman–Crippen MR) is 47.9 cm³/mol. The molecular formula is C10H13O2. The fourth-order valence-electron chi connectivity index (χ4n) is 0.792. The first-order valence-corrected chi connectivity index (χ1v) is 3.98. The van der Waals surface area contributed by atoms with Gasteiger partial charge in [-0.15, -0.1) is 0 Å². The minimum Gasteiger partial charge on any atom is -0.491 e. The van der Waals surface area contributed by atoms with Gasteiger partial charge in [0.2, 0.25) is 0 Å². The van der Waals surface area contributed by atoms with Gasteiger partial charge in [-0.3, -0.25) is 0 Å². The first kappa shape index (κ1) is 9.07. The van der Waals surface area contributed by atoms with Gasteiger partial charge in [0.15, 0.2) is 0 Å². The molecule has 0 bridgehead atoms. The van der Waals surface area contributed by atoms with E-state index < -0.39 is 6.10 Å². The molecule has 0 heterocycles. The van der Waals surface area contributed by atoms with Crippen LogP contribution in [0.25, 0.3) is 0 Å². The number of para-hydroxylation sites is 1. The Hall–Kier alpha value is -1.02. The zero-order valence-corrected chi connectivity index (χ0v) is 6.94. The Balaban J connectivity index is 2.33. The van der Waals surface area contributed by atoms with E-state index in [0.29, 0.717) is 13.0 Å². The molecule has 65 valence electrons. The quantitative estimate of drug-likeness (QED) is 0.735. The normalized spacial score (nSPS) is 12.5. The lowest BCUT2D eigenvalue weighted by molar-refractivity contribution is 0.109. The van der Waals surface area contributed by atoms with E-state index in [1.54, 1.807) is 0 Å². The van der Waals surface area contributed by atoms with Crippen LogP contribution >= 0.6 is 0 Å². The van der Waals surface area contributed by atoms with E-state index in [-0.39, 0.29) is 0 Å². The zero-order valence-electron chi connectivity index (χ0n) is 6.94. The molecule has 0 aromatic heterocycles. The lowest BCUT2D eigenvalue weighted by atomic mass is 10.3. The summed E-state index contributed by atoms with van der Waals surface area (Å²) in [7, 11) is 0. The Bertz CT molecular complexity index is 208. The molecule has 0 spiro atoms. The van der Waals surface area contributed by atoms with Crippen molar-refractivity contribution in [3.05, 3.63) is 37.3 Å². The SMILES string of the molecule is [CH2]CC(O)COc1ccccc1. The summed E-state index contributed by atoms with van der Waals surface area (Å²) >= 11 is 0. The van der Waals surface area contributed by atoms with E-state index >= 15 is 0 Å². The van der Waals surface area contributed by atoms with Crippen LogP contribution in [0.3, 0.4) is 0 Å². The average Bonchev–Trinajstić information content (AvgIpc) is 2.16. The van der Waals surface area contributed by atoms with Crippen molar-refractivity contribution < 1.29 is 9.84 Å². The van der Waals surface area contributed by atoms with Gasteiger partial charge in [-0.2, -0.15) is 0 Å². The summed E-state index contributed by atoms with van der Waals surface area (Å²) in [5, 5.41) is 9.13. The van der Waals surface area contributed by atoms with Gasteiger partial charge >= 0.3 is 0 Å². The Labute approximate surface area is 72.8 Å². The zero-order chi connectivity index (χ0) is 8.81. The molecule has 0 aliphatic carbocycles. The van der Waals surface area contributed by atoms with E-state index in [1.165, 1.54) is 0 Å². The van der Waals surface area contributed by atoms with Crippen LogP contribution in [0.15, 0.2) is 30.3 Å². The molecule has 1 radical (unpaired) electrons. The van der Waals surface area contributed by atoms with Crippen LogP contribution in [0.5, 0.6) is 5.75 Å². The molecule has 0 saturated carbocycles. The molecule has 1 rings (SSSR count). The largest absolute Gasteiger partial charge is 0.491 e. The highest BCUT2D eigenvalue weighted by atomic mass is 16.5. The van der Waals surface area contributed by atoms with Crippen molar-refractivity contribution in [2.24, 2.45) is 0 Å². The monoisotopic (exact) mass is 165 g/mol. The van der Waals surface area contributed by atoms with E-state index in [1.807, 2.05) is 30.3 Å². The van der Waals surface area contributed by atoms with E-state index in [4.69, 9.17) is 9.84 Å². The smallest absolute Gasteiger partial charge is 0.119 e. The topological polar surface area (TPSA) is 29.5 Å². The second kappa shape index (κ2) is 4.78. The third-order valence-electron chi connectivity index (χ3n) is 1.52. The molecule has 0 amide bonds. The number of rotatable bonds is 4. The predicted octanol–water partition coefficient (Wildman–Crippen LogP) is 1.65. The summed E-state index contributed by atoms with van der Waals surface area (Å²) in [6.45, 7) is 3.88. The van der Waals surface area contributed by atoms with Crippen LogP contribution in [-0.2, 0) is 0 Å². The van der Waals surface area contributed by atoms with Crippen LogP contribution in [0.1, 0.15) is 6.42 Å². The molecule has 1 unspecified atom stereocenters. The van der Waals surface area contributed by atoms with Crippen molar-refractivity contribution in [3.8, 4) is 5.75 Å². The van der Waals surface area contributed by atoms with Crippen LogP contribution < -0.4 is 4.74 Å². The van der Waals surface area contributed by atoms with Crippen molar-refractivity contribution in [2.45, 2.75) is 12.5 Å². The van der Waals surface area contributed by atoms with Crippen LogP contribution in [-0.4, -0.2) is 17.8 Å². The molecule has 0 fully saturated rings. The summed E-state index contributed by atoms with van der Waals surface area (Å²) < 4.78 is 5.27. The Morgan fingerprint density at radius 3 is 2.58 bits per heavy atom. The highest BCUT2D eigenvalue weighted by molar-refractivity contribution is 5.20. The van der Waals surface area contributed by atoms with Gasteiger partial charge in [0.05, 0.1) is 6.10 Å². The van der Waals surface area contributed by atoms with Gasteiger partial charge in [-0.25, -0.2) is 0 Å². The summed E-state index contributed by atoms with van der Waals surface area (Å²) in [4.78, 5) is 0. The van der Waals surface area contributed by atoms with Crippen molar-refractivity contribution in [1.82, 2.24) is 0 Å². The molecule has 2 heteroatoms. The molecule has 1 aromatic rings. The van der Waals surface area contributed by atoms with Crippen molar-refractivity contribution in [2.75, 3.05) is 6.61 Å². The number of aliphatic hydroxyl groups excluding tert-OH is 1. The fraction of sp³-hybridized carbons (Fsp3) is 0.300. The molecule has 0 aliphatic rings. The molecular weight excluding hydrogens is 152 g/mol. The highest BCUT2D eigenvalue weighted by Gasteiger charge is 2.00. The Morgan fingerprint density at radius 1 is 1.33 bits per heavy atom. The van der Waals surface area contributed by atoms with Crippen molar-refractivity contribution in [1.29, 1.82) is 0 Å². The molecule has 0 aliphatic heterocycles. The molecule has 0 saturated heterocycles. The summed E-state index contributed by atoms with van der Waals surface area (Å²) in [5.74, 6) is 0.782. The first-order chi connectivity index (χ1) is 5.83. The third-order valence-corrected chi connectivity index (χ3v) is 1.52. The maximum atomic E-state index is 9.13. The Kier molecular flexibility index (Phi) is 3.61. The Morgan fingerprint density at radius 2 is 2.00 bits per heavy atom. The van der Waals surface area contributed by atoms with Gasteiger partial charge in [-0.05, 0) is 18.6 Å². The molecule has 1 atom stereocenters. The molecule has 1 N–H and O–H groups in total. The maximum absolute atomic E-state index is 9.13. The van der Waals surface area contributed by atoms with Crippen molar-refractivity contribution in [3.63, 3.8) is 0 Å². The van der Waals surface area contributed by atoms with Crippen molar-refractivity contribution >= 4 is 0 Å². The standard InChI is InChI=1S/C10H13O2/c1-2-9(11)8-12-10-6-4-3-5-7-10/h3-7,9,11H,1-2,8H2. The van der Waals surface area contributed by atoms with E-state index in [9.17, 15) is 0 Å². The van der Waals surface area contributed by atoms with E-state index in [2.05, 4.69) is 6.92 Å². The summed E-state index contributed by atoms with van der Waals surface area (Å²) in [6.07, 6.45) is 0.0116. The average molecular weight is 165 g/mol. The minimum absolute atomic E-state index is 0.313. The van der Waals surface area contributed by atoms with Gasteiger partial charge in [0.25, 0.3) is 0 Å². The summed E-state index contributed by atoms with van der Waals surface area (Å²) in [5.41, 5.74) is 0. The summed E-state index contributed by atoms with van der Waals surface area (Å²) in [6, 6.07) is 9.42. The van der Waals surface area contributed by atoms with Crippen LogP contribution in [0.2, 0.25) is 0 Å². The van der Waals surface area contributed by atoms with Gasteiger partial charge in [-0.1, -0.05) is 25.1 Å². The van der Waals surface area contributed by atoms with Crippen LogP contribution in [0.4, 0.5) is 0 Å². The second-order valence-corrected chi connectivity index (χ2v) is 2.57. The number of hydrogen-bond donors (Lipinski definition) is 1. The lowest BCUT2D eigenvalue weighted by Crippen LogP contribution is -2.15.